The number of alkyl carbamates (subject to hydrolysis) is 1. The van der Waals surface area contributed by atoms with E-state index in [4.69, 9.17) is 4.74 Å². The molecule has 2 aliphatic rings. The van der Waals surface area contributed by atoms with Crippen LogP contribution >= 0.6 is 0 Å². The summed E-state index contributed by atoms with van der Waals surface area (Å²) < 4.78 is 5.29. The lowest BCUT2D eigenvalue weighted by Gasteiger charge is -2.52. The highest BCUT2D eigenvalue weighted by Gasteiger charge is 2.53. The van der Waals surface area contributed by atoms with Gasteiger partial charge < -0.3 is 15.0 Å². The van der Waals surface area contributed by atoms with Crippen LogP contribution in [0.15, 0.2) is 0 Å². The third kappa shape index (κ3) is 3.50. The second kappa shape index (κ2) is 5.50. The first-order valence-corrected chi connectivity index (χ1v) is 7.89. The summed E-state index contributed by atoms with van der Waals surface area (Å²) in [4.78, 5) is 26.3. The number of hydrogen-bond donors (Lipinski definition) is 1. The fraction of sp³-hybridized carbons (Fsp3) is 0.875. The Labute approximate surface area is 127 Å². The predicted molar refractivity (Wildman–Crippen MR) is 80.9 cm³/mol. The minimum atomic E-state index is -0.497. The summed E-state index contributed by atoms with van der Waals surface area (Å²) in [6.07, 6.45) is 2.53. The highest BCUT2D eigenvalue weighted by atomic mass is 16.6. The fourth-order valence-corrected chi connectivity index (χ4v) is 3.20. The zero-order chi connectivity index (χ0) is 15.8. The molecule has 0 bridgehead atoms. The average molecular weight is 296 g/mol. The molecule has 0 radical (unpaired) electrons. The third-order valence-corrected chi connectivity index (χ3v) is 4.67. The maximum Gasteiger partial charge on any atom is 0.407 e. The molecule has 5 heteroatoms. The summed E-state index contributed by atoms with van der Waals surface area (Å²) in [5, 5.41) is 2.91. The van der Waals surface area contributed by atoms with Crippen LogP contribution < -0.4 is 5.32 Å². The molecule has 5 nitrogen and oxygen atoms in total. The molecule has 2 fully saturated rings. The Balaban J connectivity index is 1.89. The molecule has 2 rings (SSSR count). The van der Waals surface area contributed by atoms with Crippen molar-refractivity contribution in [2.45, 2.75) is 65.5 Å². The molecule has 2 amide bonds. The van der Waals surface area contributed by atoms with Crippen molar-refractivity contribution in [1.29, 1.82) is 0 Å². The van der Waals surface area contributed by atoms with Crippen LogP contribution in [0.3, 0.4) is 0 Å². The van der Waals surface area contributed by atoms with Gasteiger partial charge >= 0.3 is 6.09 Å². The number of nitrogens with zero attached hydrogens (tertiary/aromatic N) is 1. The lowest BCUT2D eigenvalue weighted by molar-refractivity contribution is -0.147. The van der Waals surface area contributed by atoms with Crippen LogP contribution in [0, 0.1) is 11.3 Å². The van der Waals surface area contributed by atoms with E-state index in [1.807, 2.05) is 25.7 Å². The first kappa shape index (κ1) is 16.1. The Kier molecular flexibility index (Phi) is 4.22. The van der Waals surface area contributed by atoms with Gasteiger partial charge in [0.05, 0.1) is 0 Å². The molecule has 1 aliphatic heterocycles. The van der Waals surface area contributed by atoms with Crippen LogP contribution in [0.25, 0.3) is 0 Å². The summed E-state index contributed by atoms with van der Waals surface area (Å²) in [5.41, 5.74) is -0.709. The van der Waals surface area contributed by atoms with E-state index in [0.717, 1.165) is 25.9 Å². The molecule has 0 aromatic heterocycles. The monoisotopic (exact) mass is 296 g/mol. The molecule has 0 spiro atoms. The van der Waals surface area contributed by atoms with Gasteiger partial charge in [0.15, 0.2) is 0 Å². The zero-order valence-corrected chi connectivity index (χ0v) is 13.9. The van der Waals surface area contributed by atoms with E-state index < -0.39 is 11.7 Å². The number of carbonyl (C=O) groups is 2. The molecular formula is C16H28N2O3. The lowest BCUT2D eigenvalue weighted by atomic mass is 9.58. The van der Waals surface area contributed by atoms with Gasteiger partial charge in [0.25, 0.3) is 0 Å². The topological polar surface area (TPSA) is 58.6 Å². The van der Waals surface area contributed by atoms with Crippen molar-refractivity contribution in [2.75, 3.05) is 13.1 Å². The molecule has 1 heterocycles. The predicted octanol–water partition coefficient (Wildman–Crippen LogP) is 2.55. The number of carbonyl (C=O) groups excluding carboxylic acids is 2. The maximum atomic E-state index is 12.5. The first-order valence-electron chi connectivity index (χ1n) is 7.89. The molecule has 1 N–H and O–H groups in total. The van der Waals surface area contributed by atoms with Gasteiger partial charge in [-0.1, -0.05) is 13.8 Å². The first-order chi connectivity index (χ1) is 9.61. The van der Waals surface area contributed by atoms with Gasteiger partial charge in [-0.2, -0.15) is 0 Å². The molecule has 120 valence electrons. The second-order valence-electron chi connectivity index (χ2n) is 7.84. The number of nitrogens with one attached hydrogen (secondary N) is 1. The van der Waals surface area contributed by atoms with E-state index in [1.54, 1.807) is 0 Å². The number of ether oxygens (including phenoxy) is 1. The molecule has 0 aromatic carbocycles. The fourth-order valence-electron chi connectivity index (χ4n) is 3.20. The van der Waals surface area contributed by atoms with Crippen LogP contribution in [0.5, 0.6) is 0 Å². The Morgan fingerprint density at radius 3 is 2.24 bits per heavy atom. The average Bonchev–Trinajstić information content (AvgIpc) is 2.84. The quantitative estimate of drug-likeness (QED) is 0.852. The van der Waals surface area contributed by atoms with E-state index in [9.17, 15) is 9.59 Å². The lowest BCUT2D eigenvalue weighted by Crippen LogP contribution is -2.62. The SMILES string of the molecule is CC(C)(C)OC(=O)NC1CC(C(=O)N2CCCC2)C1(C)C. The number of amides is 2. The smallest absolute Gasteiger partial charge is 0.407 e. The van der Waals surface area contributed by atoms with E-state index in [-0.39, 0.29) is 23.3 Å². The summed E-state index contributed by atoms with van der Waals surface area (Å²) in [6.45, 7) is 11.4. The molecule has 21 heavy (non-hydrogen) atoms. The number of rotatable bonds is 2. The van der Waals surface area contributed by atoms with Crippen LogP contribution in [-0.2, 0) is 9.53 Å². The molecule has 1 saturated heterocycles. The highest BCUT2D eigenvalue weighted by Crippen LogP contribution is 2.47. The minimum Gasteiger partial charge on any atom is -0.444 e. The number of hydrogen-bond acceptors (Lipinski definition) is 3. The summed E-state index contributed by atoms with van der Waals surface area (Å²) >= 11 is 0. The molecule has 1 aliphatic carbocycles. The Bertz CT molecular complexity index is 420. The van der Waals surface area contributed by atoms with Crippen LogP contribution in [-0.4, -0.2) is 41.6 Å². The summed E-state index contributed by atoms with van der Waals surface area (Å²) in [6, 6.07) is 0.00361. The van der Waals surface area contributed by atoms with E-state index in [2.05, 4.69) is 19.2 Å². The van der Waals surface area contributed by atoms with Gasteiger partial charge in [-0.05, 0) is 45.4 Å². The van der Waals surface area contributed by atoms with E-state index >= 15 is 0 Å². The van der Waals surface area contributed by atoms with E-state index in [1.165, 1.54) is 0 Å². The normalized spacial score (nSPS) is 28.0. The van der Waals surface area contributed by atoms with Crippen molar-refractivity contribution < 1.29 is 14.3 Å². The van der Waals surface area contributed by atoms with Crippen molar-refractivity contribution in [1.82, 2.24) is 10.2 Å². The zero-order valence-electron chi connectivity index (χ0n) is 13.9. The molecule has 2 atom stereocenters. The van der Waals surface area contributed by atoms with Crippen LogP contribution in [0.1, 0.15) is 53.9 Å². The largest absolute Gasteiger partial charge is 0.444 e. The number of likely N-dealkylation sites (tertiary alicyclic amines) is 1. The Morgan fingerprint density at radius 1 is 1.19 bits per heavy atom. The minimum absolute atomic E-state index is 0.00361. The summed E-state index contributed by atoms with van der Waals surface area (Å²) in [7, 11) is 0. The maximum absolute atomic E-state index is 12.5. The van der Waals surface area contributed by atoms with Crippen molar-refractivity contribution in [3.8, 4) is 0 Å². The van der Waals surface area contributed by atoms with Gasteiger partial charge in [0.2, 0.25) is 5.91 Å². The summed E-state index contributed by atoms with van der Waals surface area (Å²) in [5.74, 6) is 0.260. The highest BCUT2D eigenvalue weighted by molar-refractivity contribution is 5.81. The van der Waals surface area contributed by atoms with Crippen LogP contribution in [0.2, 0.25) is 0 Å². The molecule has 0 aromatic rings. The van der Waals surface area contributed by atoms with Gasteiger partial charge in [0, 0.05) is 25.0 Å². The van der Waals surface area contributed by atoms with Crippen LogP contribution in [0.4, 0.5) is 4.79 Å². The van der Waals surface area contributed by atoms with Crippen molar-refractivity contribution in [3.05, 3.63) is 0 Å². The Morgan fingerprint density at radius 2 is 1.76 bits per heavy atom. The molecule has 2 unspecified atom stereocenters. The molecule has 1 saturated carbocycles. The third-order valence-electron chi connectivity index (χ3n) is 4.67. The van der Waals surface area contributed by atoms with Gasteiger partial charge in [-0.15, -0.1) is 0 Å². The van der Waals surface area contributed by atoms with Crippen molar-refractivity contribution in [3.63, 3.8) is 0 Å². The van der Waals surface area contributed by atoms with Gasteiger partial charge in [-0.25, -0.2) is 4.79 Å². The van der Waals surface area contributed by atoms with Gasteiger partial charge in [0.1, 0.15) is 5.60 Å². The van der Waals surface area contributed by atoms with Crippen molar-refractivity contribution in [2.24, 2.45) is 11.3 Å². The molecular weight excluding hydrogens is 268 g/mol. The van der Waals surface area contributed by atoms with Gasteiger partial charge in [-0.3, -0.25) is 4.79 Å². The second-order valence-corrected chi connectivity index (χ2v) is 7.84. The standard InChI is InChI=1S/C16H28N2O3/c1-15(2,3)21-14(20)17-12-10-11(16(12,4)5)13(19)18-8-6-7-9-18/h11-12H,6-10H2,1-5H3,(H,17,20). The Hall–Kier alpha value is -1.26. The van der Waals surface area contributed by atoms with Crippen molar-refractivity contribution >= 4 is 12.0 Å². The van der Waals surface area contributed by atoms with E-state index in [0.29, 0.717) is 6.42 Å².